The second-order valence-electron chi connectivity index (χ2n) is 25.1. The van der Waals surface area contributed by atoms with Crippen molar-refractivity contribution < 1.29 is 37.6 Å². The Labute approximate surface area is 596 Å². The number of ether oxygens (including phenoxy) is 2. The van der Waals surface area contributed by atoms with Gasteiger partial charge in [-0.3, -0.25) is 18.6 Å². The average Bonchev–Trinajstić information content (AvgIpc) is 2.88. The van der Waals surface area contributed by atoms with Crippen LogP contribution in [0.15, 0.2) is 194 Å². The lowest BCUT2D eigenvalue weighted by Gasteiger charge is -2.19. The molecule has 0 rings (SSSR count). The fourth-order valence-electron chi connectivity index (χ4n) is 10.3. The van der Waals surface area contributed by atoms with Crippen molar-refractivity contribution in [2.45, 2.75) is 315 Å². The Morgan fingerprint density at radius 3 is 0.794 bits per heavy atom. The van der Waals surface area contributed by atoms with Crippen LogP contribution in [-0.2, 0) is 32.7 Å². The third-order valence-electron chi connectivity index (χ3n) is 16.0. The number of carbonyl (C=O) groups is 2. The van der Waals surface area contributed by atoms with Gasteiger partial charge in [0.15, 0.2) is 6.10 Å². The average molecular weight is 1360 g/mol. The predicted octanol–water partition coefficient (Wildman–Crippen LogP) is 26.4. The molecular formula is C87H142NO8P. The van der Waals surface area contributed by atoms with Crippen LogP contribution in [-0.4, -0.2) is 49.3 Å². The number of hydrogen-bond donors (Lipinski definition) is 2. The number of rotatable bonds is 71. The van der Waals surface area contributed by atoms with Crippen LogP contribution in [0.4, 0.5) is 0 Å². The molecule has 0 aliphatic heterocycles. The molecule has 0 aromatic heterocycles. The minimum Gasteiger partial charge on any atom is -0.462 e. The van der Waals surface area contributed by atoms with Gasteiger partial charge in [0.05, 0.1) is 13.2 Å². The van der Waals surface area contributed by atoms with Crippen LogP contribution in [0, 0.1) is 0 Å². The molecule has 0 radical (unpaired) electrons. The molecule has 0 bridgehead atoms. The molecule has 0 fully saturated rings. The lowest BCUT2D eigenvalue weighted by atomic mass is 10.0. The van der Waals surface area contributed by atoms with Crippen molar-refractivity contribution in [3.63, 3.8) is 0 Å². The van der Waals surface area contributed by atoms with E-state index < -0.39 is 26.5 Å². The van der Waals surface area contributed by atoms with Gasteiger partial charge >= 0.3 is 19.8 Å². The molecule has 0 amide bonds. The third kappa shape index (κ3) is 79.7. The maximum Gasteiger partial charge on any atom is 0.472 e. The molecule has 0 aliphatic rings. The first-order chi connectivity index (χ1) is 47.8. The Hall–Kier alpha value is -5.15. The summed E-state index contributed by atoms with van der Waals surface area (Å²) in [6.07, 6.45) is 121. The van der Waals surface area contributed by atoms with Crippen LogP contribution in [0.3, 0.4) is 0 Å². The molecule has 97 heavy (non-hydrogen) atoms. The van der Waals surface area contributed by atoms with Crippen molar-refractivity contribution in [1.29, 1.82) is 0 Å². The minimum absolute atomic E-state index is 0.0419. The van der Waals surface area contributed by atoms with Crippen molar-refractivity contribution in [3.8, 4) is 0 Å². The lowest BCUT2D eigenvalue weighted by molar-refractivity contribution is -0.161. The van der Waals surface area contributed by atoms with E-state index in [-0.39, 0.29) is 38.6 Å². The van der Waals surface area contributed by atoms with Gasteiger partial charge in [-0.15, -0.1) is 0 Å². The van der Waals surface area contributed by atoms with E-state index in [1.165, 1.54) is 122 Å². The highest BCUT2D eigenvalue weighted by atomic mass is 31.2. The quantitative estimate of drug-likeness (QED) is 0.0264. The first-order valence-corrected chi connectivity index (χ1v) is 40.4. The van der Waals surface area contributed by atoms with Crippen molar-refractivity contribution in [3.05, 3.63) is 194 Å². The van der Waals surface area contributed by atoms with Gasteiger partial charge in [0, 0.05) is 19.4 Å². The summed E-state index contributed by atoms with van der Waals surface area (Å²) in [5.41, 5.74) is 5.41. The topological polar surface area (TPSA) is 134 Å². The molecule has 0 saturated carbocycles. The van der Waals surface area contributed by atoms with Crippen molar-refractivity contribution in [1.82, 2.24) is 0 Å². The van der Waals surface area contributed by atoms with E-state index in [9.17, 15) is 19.0 Å². The normalized spacial score (nSPS) is 14.0. The van der Waals surface area contributed by atoms with E-state index in [2.05, 4.69) is 208 Å². The number of phosphoric acid groups is 1. The smallest absolute Gasteiger partial charge is 0.462 e. The summed E-state index contributed by atoms with van der Waals surface area (Å²) in [7, 11) is -4.41. The Kier molecular flexibility index (Phi) is 75.6. The summed E-state index contributed by atoms with van der Waals surface area (Å²) in [4.78, 5) is 35.4. The zero-order chi connectivity index (χ0) is 70.0. The summed E-state index contributed by atoms with van der Waals surface area (Å²) >= 11 is 0. The van der Waals surface area contributed by atoms with Crippen LogP contribution in [0.1, 0.15) is 309 Å². The molecule has 2 unspecified atom stereocenters. The van der Waals surface area contributed by atoms with Gasteiger partial charge in [-0.1, -0.05) is 350 Å². The number of phosphoric ester groups is 1. The van der Waals surface area contributed by atoms with Gasteiger partial charge in [-0.25, -0.2) is 4.57 Å². The zero-order valence-corrected chi connectivity index (χ0v) is 62.6. The number of allylic oxidation sites excluding steroid dienone is 32. The molecule has 3 N–H and O–H groups in total. The molecule has 0 aliphatic carbocycles. The van der Waals surface area contributed by atoms with Crippen LogP contribution in [0.2, 0.25) is 0 Å². The summed E-state index contributed by atoms with van der Waals surface area (Å²) in [5.74, 6) is -0.853. The maximum atomic E-state index is 12.8. The van der Waals surface area contributed by atoms with Gasteiger partial charge in [-0.2, -0.15) is 0 Å². The van der Waals surface area contributed by atoms with Gasteiger partial charge < -0.3 is 20.1 Å². The standard InChI is InChI=1S/C87H142NO8P/c1-3-5-7-9-11-13-15-17-19-21-23-25-27-29-31-33-35-37-39-41-42-44-46-48-50-52-54-56-58-60-62-64-66-68-70-72-74-76-78-80-87(90)96-85(84-95-97(91,92)94-82-81-88)83-93-86(89)79-77-75-73-71-69-67-65-63-61-59-57-55-53-51-49-47-45-43-40-38-36-34-32-30-28-26-24-22-20-18-16-14-12-10-8-6-4-2/h5-8,11-14,17-20,23-26,29-32,35,37,41-42,46,48,52,54,58,60,64,66,85H,3-4,9-10,15-16,21-22,27-28,33-34,36,38-40,43-45,47,49-51,53,55-57,59,61-63,65,67-84,88H2,1-2H3,(H,91,92)/b7-5-,8-6-,13-11-,14-12-,19-17-,20-18-,25-23-,26-24-,31-29-,32-30-,37-35-,42-41-,48-46-,54-52-,60-58-,66-64-. The molecule has 9 nitrogen and oxygen atoms in total. The minimum atomic E-state index is -4.41. The molecule has 0 aromatic rings. The van der Waals surface area contributed by atoms with Gasteiger partial charge in [0.25, 0.3) is 0 Å². The van der Waals surface area contributed by atoms with E-state index in [1.807, 2.05) is 0 Å². The number of carbonyl (C=O) groups excluding carboxylic acids is 2. The monoisotopic (exact) mass is 1360 g/mol. The third-order valence-corrected chi connectivity index (χ3v) is 17.0. The van der Waals surface area contributed by atoms with Crippen LogP contribution in [0.25, 0.3) is 0 Å². The van der Waals surface area contributed by atoms with Gasteiger partial charge in [0.2, 0.25) is 0 Å². The SMILES string of the molecule is CC/C=C\C/C=C\C/C=C\C/C=C\C/C=C\C/C=C\C/C=C\C/C=C\C/C=C\C/C=C\C/C=C\CCCCCCCC(=O)OC(COC(=O)CCCCCCCCCCCCCCCCCCCCCCC/C=C\C/C=C\C/C=C\C/C=C\C/C=C\CC)COP(=O)(O)OCCN. The lowest BCUT2D eigenvalue weighted by Crippen LogP contribution is -2.29. The predicted molar refractivity (Wildman–Crippen MR) is 422 cm³/mol. The van der Waals surface area contributed by atoms with E-state index in [0.717, 1.165) is 154 Å². The largest absolute Gasteiger partial charge is 0.472 e. The van der Waals surface area contributed by atoms with E-state index in [0.29, 0.717) is 6.42 Å². The molecule has 10 heteroatoms. The first-order valence-electron chi connectivity index (χ1n) is 38.9. The number of nitrogens with two attached hydrogens (primary N) is 1. The van der Waals surface area contributed by atoms with E-state index >= 15 is 0 Å². The first kappa shape index (κ1) is 91.8. The van der Waals surface area contributed by atoms with Crippen molar-refractivity contribution in [2.75, 3.05) is 26.4 Å². The van der Waals surface area contributed by atoms with Crippen LogP contribution < -0.4 is 5.73 Å². The highest BCUT2D eigenvalue weighted by Gasteiger charge is 2.26. The Balaban J connectivity index is 3.93. The number of unbranched alkanes of at least 4 members (excludes halogenated alkanes) is 26. The van der Waals surface area contributed by atoms with Gasteiger partial charge in [-0.05, 0) is 141 Å². The molecule has 0 heterocycles. The van der Waals surface area contributed by atoms with E-state index in [1.54, 1.807) is 0 Å². The summed E-state index contributed by atoms with van der Waals surface area (Å²) in [6, 6.07) is 0. The maximum absolute atomic E-state index is 12.8. The molecule has 0 aromatic carbocycles. The summed E-state index contributed by atoms with van der Waals surface area (Å²) in [5, 5.41) is 0. The highest BCUT2D eigenvalue weighted by Crippen LogP contribution is 2.43. The molecule has 2 atom stereocenters. The molecule has 548 valence electrons. The summed E-state index contributed by atoms with van der Waals surface area (Å²) < 4.78 is 33.2. The Bertz CT molecular complexity index is 2300. The van der Waals surface area contributed by atoms with E-state index in [4.69, 9.17) is 24.3 Å². The number of esters is 2. The fourth-order valence-corrected chi connectivity index (χ4v) is 11.1. The fraction of sp³-hybridized carbons (Fsp3) is 0.609. The van der Waals surface area contributed by atoms with Gasteiger partial charge in [0.1, 0.15) is 6.61 Å². The molecular weight excluding hydrogens is 1220 g/mol. The van der Waals surface area contributed by atoms with Crippen molar-refractivity contribution in [2.24, 2.45) is 5.73 Å². The van der Waals surface area contributed by atoms with Crippen LogP contribution >= 0.6 is 7.82 Å². The zero-order valence-electron chi connectivity index (χ0n) is 61.7. The number of hydrogen-bond acceptors (Lipinski definition) is 8. The van der Waals surface area contributed by atoms with Crippen molar-refractivity contribution >= 4 is 19.8 Å². The summed E-state index contributed by atoms with van der Waals surface area (Å²) in [6.45, 7) is 3.50. The second-order valence-corrected chi connectivity index (χ2v) is 26.6. The second kappa shape index (κ2) is 79.8. The molecule has 0 spiro atoms. The Morgan fingerprint density at radius 1 is 0.309 bits per heavy atom. The highest BCUT2D eigenvalue weighted by molar-refractivity contribution is 7.47. The van der Waals surface area contributed by atoms with Crippen LogP contribution in [0.5, 0.6) is 0 Å². The Morgan fingerprint density at radius 2 is 0.536 bits per heavy atom. The molecule has 0 saturated heterocycles.